The van der Waals surface area contributed by atoms with Crippen molar-refractivity contribution in [2.75, 3.05) is 0 Å². The molecular formula is C12H14ClO2P. The summed E-state index contributed by atoms with van der Waals surface area (Å²) in [4.78, 5) is 0. The lowest BCUT2D eigenvalue weighted by Gasteiger charge is -2.25. The monoisotopic (exact) mass is 256 g/mol. The second-order valence-corrected chi connectivity index (χ2v) is 7.92. The van der Waals surface area contributed by atoms with Crippen molar-refractivity contribution in [3.8, 4) is 0 Å². The maximum absolute atomic E-state index is 12.9. The maximum Gasteiger partial charge on any atom is 0.286 e. The predicted molar refractivity (Wildman–Crippen MR) is 67.6 cm³/mol. The average Bonchev–Trinajstić information content (AvgIpc) is 2.37. The maximum atomic E-state index is 12.9. The van der Waals surface area contributed by atoms with E-state index in [4.69, 9.17) is 16.1 Å². The molecular weight excluding hydrogens is 243 g/mol. The highest BCUT2D eigenvalue weighted by atomic mass is 35.5. The molecule has 0 radical (unpaired) electrons. The molecule has 4 heteroatoms. The van der Waals surface area contributed by atoms with E-state index in [2.05, 4.69) is 0 Å². The molecule has 0 saturated carbocycles. The second kappa shape index (κ2) is 3.65. The van der Waals surface area contributed by atoms with Crippen LogP contribution >= 0.6 is 19.0 Å². The fourth-order valence-corrected chi connectivity index (χ4v) is 4.44. The van der Waals surface area contributed by atoms with Gasteiger partial charge in [0.25, 0.3) is 7.37 Å². The fraction of sp³-hybridized carbons (Fsp3) is 0.333. The van der Waals surface area contributed by atoms with Crippen molar-refractivity contribution in [2.45, 2.75) is 25.9 Å². The highest BCUT2D eigenvalue weighted by Gasteiger charge is 2.47. The first-order valence-corrected chi connectivity index (χ1v) is 7.11. The largest absolute Gasteiger partial charge is 0.444 e. The lowest BCUT2D eigenvalue weighted by Crippen LogP contribution is -2.21. The number of allylic oxidation sites excluding steroid dienone is 2. The molecule has 1 heterocycles. The third-order valence-corrected chi connectivity index (χ3v) is 6.18. The molecule has 86 valence electrons. The van der Waals surface area contributed by atoms with Gasteiger partial charge in [-0.25, -0.2) is 0 Å². The molecule has 2 rings (SSSR count). The van der Waals surface area contributed by atoms with Crippen LogP contribution in [0.5, 0.6) is 0 Å². The lowest BCUT2D eigenvalue weighted by molar-refractivity contribution is 0.421. The van der Waals surface area contributed by atoms with Gasteiger partial charge in [0.15, 0.2) is 0 Å². The van der Waals surface area contributed by atoms with E-state index in [1.54, 1.807) is 24.3 Å². The van der Waals surface area contributed by atoms with Gasteiger partial charge in [-0.15, -0.1) is 0 Å². The van der Waals surface area contributed by atoms with E-state index in [1.807, 2.05) is 26.8 Å². The molecule has 16 heavy (non-hydrogen) atoms. The van der Waals surface area contributed by atoms with Crippen molar-refractivity contribution < 1.29 is 9.09 Å². The molecule has 1 unspecified atom stereocenters. The van der Waals surface area contributed by atoms with E-state index >= 15 is 0 Å². The number of halogens is 1. The molecule has 0 saturated heterocycles. The third-order valence-electron chi connectivity index (χ3n) is 2.75. The highest BCUT2D eigenvalue weighted by Crippen LogP contribution is 2.64. The summed E-state index contributed by atoms with van der Waals surface area (Å²) in [5.74, 6) is 0.725. The van der Waals surface area contributed by atoms with Crippen LogP contribution in [-0.4, -0.2) is 5.16 Å². The molecule has 0 aliphatic carbocycles. The smallest absolute Gasteiger partial charge is 0.286 e. The number of rotatable bonds is 1. The average molecular weight is 257 g/mol. The van der Waals surface area contributed by atoms with E-state index in [0.717, 1.165) is 11.1 Å². The Labute approximate surface area is 101 Å². The Morgan fingerprint density at radius 1 is 1.25 bits per heavy atom. The Morgan fingerprint density at radius 2 is 1.81 bits per heavy atom. The first-order valence-electron chi connectivity index (χ1n) is 5.10. The third kappa shape index (κ3) is 1.70. The Balaban J connectivity index is 2.49. The van der Waals surface area contributed by atoms with Crippen LogP contribution in [0.25, 0.3) is 0 Å². The SMILES string of the molecule is CC1=CC(C)(C)P(=O)(c2ccc(Cl)cc2)O1. The molecule has 2 nitrogen and oxygen atoms in total. The molecule has 1 aromatic rings. The minimum Gasteiger partial charge on any atom is -0.444 e. The van der Waals surface area contributed by atoms with E-state index in [9.17, 15) is 4.57 Å². The van der Waals surface area contributed by atoms with Crippen LogP contribution in [0, 0.1) is 0 Å². The van der Waals surface area contributed by atoms with Gasteiger partial charge in [0, 0.05) is 10.3 Å². The van der Waals surface area contributed by atoms with Crippen molar-refractivity contribution in [2.24, 2.45) is 0 Å². The van der Waals surface area contributed by atoms with Gasteiger partial charge < -0.3 is 4.52 Å². The first kappa shape index (κ1) is 11.8. The van der Waals surface area contributed by atoms with Gasteiger partial charge in [0.1, 0.15) is 0 Å². The lowest BCUT2D eigenvalue weighted by atomic mass is 10.2. The van der Waals surface area contributed by atoms with Gasteiger partial charge >= 0.3 is 0 Å². The zero-order chi connectivity index (χ0) is 12.0. The van der Waals surface area contributed by atoms with E-state index in [-0.39, 0.29) is 0 Å². The van der Waals surface area contributed by atoms with Crippen molar-refractivity contribution >= 4 is 24.3 Å². The van der Waals surface area contributed by atoms with Gasteiger partial charge in [-0.2, -0.15) is 0 Å². The van der Waals surface area contributed by atoms with Crippen LogP contribution in [0.1, 0.15) is 20.8 Å². The molecule has 0 amide bonds. The van der Waals surface area contributed by atoms with E-state index in [0.29, 0.717) is 5.02 Å². The summed E-state index contributed by atoms with van der Waals surface area (Å²) >= 11 is 5.82. The summed E-state index contributed by atoms with van der Waals surface area (Å²) in [7, 11) is -2.85. The Morgan fingerprint density at radius 3 is 2.25 bits per heavy atom. The van der Waals surface area contributed by atoms with Gasteiger partial charge in [-0.05, 0) is 51.1 Å². The van der Waals surface area contributed by atoms with Gasteiger partial charge in [-0.3, -0.25) is 4.57 Å². The zero-order valence-corrected chi connectivity index (χ0v) is 11.2. The van der Waals surface area contributed by atoms with Crippen LogP contribution in [-0.2, 0) is 9.09 Å². The minimum absolute atomic E-state index is 0.453. The van der Waals surface area contributed by atoms with Gasteiger partial charge in [-0.1, -0.05) is 11.6 Å². The number of benzene rings is 1. The molecule has 1 aliphatic rings. The molecule has 0 N–H and O–H groups in total. The van der Waals surface area contributed by atoms with Gasteiger partial charge in [0.2, 0.25) is 0 Å². The van der Waals surface area contributed by atoms with Crippen LogP contribution in [0.2, 0.25) is 5.02 Å². The normalized spacial score (nSPS) is 27.4. The molecule has 1 aromatic carbocycles. The fourth-order valence-electron chi connectivity index (χ4n) is 1.95. The minimum atomic E-state index is -2.85. The van der Waals surface area contributed by atoms with Crippen molar-refractivity contribution in [3.05, 3.63) is 41.1 Å². The van der Waals surface area contributed by atoms with Crippen LogP contribution in [0.3, 0.4) is 0 Å². The Bertz CT molecular complexity index is 488. The number of hydrogen-bond donors (Lipinski definition) is 0. The molecule has 1 aliphatic heterocycles. The van der Waals surface area contributed by atoms with Crippen molar-refractivity contribution in [1.82, 2.24) is 0 Å². The predicted octanol–water partition coefficient (Wildman–Crippen LogP) is 3.96. The summed E-state index contributed by atoms with van der Waals surface area (Å²) in [6.45, 7) is 5.69. The van der Waals surface area contributed by atoms with E-state index < -0.39 is 12.5 Å². The molecule has 0 bridgehead atoms. The molecule has 0 fully saturated rings. The van der Waals surface area contributed by atoms with Crippen molar-refractivity contribution in [3.63, 3.8) is 0 Å². The summed E-state index contributed by atoms with van der Waals surface area (Å²) in [6.07, 6.45) is 1.92. The van der Waals surface area contributed by atoms with Crippen LogP contribution in [0.4, 0.5) is 0 Å². The van der Waals surface area contributed by atoms with Crippen LogP contribution in [0.15, 0.2) is 36.1 Å². The topological polar surface area (TPSA) is 26.3 Å². The van der Waals surface area contributed by atoms with Gasteiger partial charge in [0.05, 0.1) is 10.9 Å². The second-order valence-electron chi connectivity index (χ2n) is 4.53. The Hall–Kier alpha value is -0.720. The quantitative estimate of drug-likeness (QED) is 0.711. The number of hydrogen-bond acceptors (Lipinski definition) is 2. The van der Waals surface area contributed by atoms with Crippen LogP contribution < -0.4 is 5.30 Å². The summed E-state index contributed by atoms with van der Waals surface area (Å²) < 4.78 is 18.4. The standard InChI is InChI=1S/C12H14ClO2P/c1-9-8-12(2,3)16(14,15-9)11-6-4-10(13)5-7-11/h4-8H,1-3H3. The van der Waals surface area contributed by atoms with Crippen molar-refractivity contribution in [1.29, 1.82) is 0 Å². The molecule has 0 aromatic heterocycles. The summed E-state index contributed by atoms with van der Waals surface area (Å²) in [6, 6.07) is 7.03. The first-order chi connectivity index (χ1) is 7.35. The van der Waals surface area contributed by atoms with E-state index in [1.165, 1.54) is 0 Å². The summed E-state index contributed by atoms with van der Waals surface area (Å²) in [5, 5.41) is 0.900. The molecule has 1 atom stereocenters. The highest BCUT2D eigenvalue weighted by molar-refractivity contribution is 7.69. The Kier molecular flexibility index (Phi) is 2.68. The summed E-state index contributed by atoms with van der Waals surface area (Å²) in [5.41, 5.74) is 0. The molecule has 0 spiro atoms. The zero-order valence-electron chi connectivity index (χ0n) is 9.53.